The number of piperazine rings is 1. The molecule has 0 unspecified atom stereocenters. The van der Waals surface area contributed by atoms with Crippen LogP contribution in [0.15, 0.2) is 42.5 Å². The van der Waals surface area contributed by atoms with Crippen molar-refractivity contribution in [2.75, 3.05) is 43.5 Å². The van der Waals surface area contributed by atoms with Crippen LogP contribution in [0.1, 0.15) is 49.4 Å². The van der Waals surface area contributed by atoms with Crippen LogP contribution < -0.4 is 15.0 Å². The number of ether oxygens (including phenoxy) is 1. The number of rotatable bonds is 9. The highest BCUT2D eigenvalue weighted by Crippen LogP contribution is 2.25. The van der Waals surface area contributed by atoms with Gasteiger partial charge in [-0.3, -0.25) is 9.59 Å². The van der Waals surface area contributed by atoms with Crippen LogP contribution in [-0.4, -0.2) is 50.0 Å². The van der Waals surface area contributed by atoms with Gasteiger partial charge < -0.3 is 19.9 Å². The topological polar surface area (TPSA) is 61.9 Å². The summed E-state index contributed by atoms with van der Waals surface area (Å²) in [7, 11) is 1.55. The van der Waals surface area contributed by atoms with E-state index in [-0.39, 0.29) is 11.8 Å². The Morgan fingerprint density at radius 3 is 2.38 bits per heavy atom. The van der Waals surface area contributed by atoms with Gasteiger partial charge in [0.1, 0.15) is 5.75 Å². The molecular formula is C25H32ClN3O3. The molecule has 7 heteroatoms. The van der Waals surface area contributed by atoms with E-state index in [1.54, 1.807) is 25.3 Å². The van der Waals surface area contributed by atoms with E-state index in [4.69, 9.17) is 16.3 Å². The Morgan fingerprint density at radius 2 is 1.72 bits per heavy atom. The number of nitrogens with zero attached hydrogens (tertiary/aromatic N) is 2. The molecule has 1 heterocycles. The van der Waals surface area contributed by atoms with E-state index in [1.807, 2.05) is 29.2 Å². The van der Waals surface area contributed by atoms with Crippen LogP contribution in [0.3, 0.4) is 0 Å². The molecule has 6 nitrogen and oxygen atoms in total. The van der Waals surface area contributed by atoms with Gasteiger partial charge in [-0.05, 0) is 48.9 Å². The summed E-state index contributed by atoms with van der Waals surface area (Å²) in [5, 5.41) is 3.49. The van der Waals surface area contributed by atoms with Crippen LogP contribution in [0.2, 0.25) is 5.02 Å². The fraction of sp³-hybridized carbons (Fsp3) is 0.440. The van der Waals surface area contributed by atoms with Gasteiger partial charge in [0.25, 0.3) is 5.91 Å². The molecule has 2 aromatic carbocycles. The second-order valence-electron chi connectivity index (χ2n) is 8.03. The molecule has 1 saturated heterocycles. The molecular weight excluding hydrogens is 426 g/mol. The number of amides is 2. The predicted octanol–water partition coefficient (Wildman–Crippen LogP) is 5.22. The molecule has 0 spiro atoms. The highest BCUT2D eigenvalue weighted by atomic mass is 35.5. The number of carbonyl (C=O) groups is 2. The molecule has 1 aliphatic heterocycles. The first-order valence-electron chi connectivity index (χ1n) is 11.3. The number of halogens is 1. The Bertz CT molecular complexity index is 909. The van der Waals surface area contributed by atoms with Crippen molar-refractivity contribution < 1.29 is 14.3 Å². The maximum Gasteiger partial charge on any atom is 0.257 e. The molecule has 0 aromatic heterocycles. The summed E-state index contributed by atoms with van der Waals surface area (Å²) < 4.78 is 5.33. The van der Waals surface area contributed by atoms with Crippen LogP contribution in [0.4, 0.5) is 11.4 Å². The SMILES string of the molecule is CCCCCCC(=O)Nc1ccc(N2CCN(C(=O)c3cc(Cl)ccc3OC)CC2)cc1. The standard InChI is InChI=1S/C25H32ClN3O3/c1-3-4-5-6-7-24(30)27-20-9-11-21(12-10-20)28-14-16-29(17-15-28)25(31)22-18-19(26)8-13-23(22)32-2/h8-13,18H,3-7,14-17H2,1-2H3,(H,27,30). The molecule has 1 aliphatic rings. The van der Waals surface area contributed by atoms with Crippen LogP contribution in [-0.2, 0) is 4.79 Å². The Kier molecular flexibility index (Phi) is 8.80. The molecule has 32 heavy (non-hydrogen) atoms. The molecule has 2 amide bonds. The Morgan fingerprint density at radius 1 is 1.00 bits per heavy atom. The largest absolute Gasteiger partial charge is 0.496 e. The summed E-state index contributed by atoms with van der Waals surface area (Å²) in [6, 6.07) is 13.0. The summed E-state index contributed by atoms with van der Waals surface area (Å²) in [5.41, 5.74) is 2.39. The number of nitrogens with one attached hydrogen (secondary N) is 1. The van der Waals surface area contributed by atoms with Gasteiger partial charge in [-0.2, -0.15) is 0 Å². The van der Waals surface area contributed by atoms with Gasteiger partial charge >= 0.3 is 0 Å². The number of anilines is 2. The van der Waals surface area contributed by atoms with E-state index in [0.29, 0.717) is 35.8 Å². The normalized spacial score (nSPS) is 13.7. The highest BCUT2D eigenvalue weighted by molar-refractivity contribution is 6.31. The average Bonchev–Trinajstić information content (AvgIpc) is 2.82. The summed E-state index contributed by atoms with van der Waals surface area (Å²) in [4.78, 5) is 29.1. The van der Waals surface area contributed by atoms with Gasteiger partial charge in [-0.1, -0.05) is 37.8 Å². The molecule has 0 saturated carbocycles. The minimum atomic E-state index is -0.0685. The van der Waals surface area contributed by atoms with Crippen molar-refractivity contribution in [3.8, 4) is 5.75 Å². The number of hydrogen-bond donors (Lipinski definition) is 1. The zero-order valence-corrected chi connectivity index (χ0v) is 19.7. The maximum atomic E-state index is 13.0. The van der Waals surface area contributed by atoms with E-state index in [0.717, 1.165) is 37.3 Å². The van der Waals surface area contributed by atoms with E-state index in [9.17, 15) is 9.59 Å². The minimum Gasteiger partial charge on any atom is -0.496 e. The lowest BCUT2D eigenvalue weighted by Gasteiger charge is -2.36. The first-order chi connectivity index (χ1) is 15.5. The minimum absolute atomic E-state index is 0.0671. The van der Waals surface area contributed by atoms with Crippen LogP contribution in [0.25, 0.3) is 0 Å². The predicted molar refractivity (Wildman–Crippen MR) is 130 cm³/mol. The molecule has 172 valence electrons. The molecule has 1 fully saturated rings. The van der Waals surface area contributed by atoms with Gasteiger partial charge in [-0.25, -0.2) is 0 Å². The summed E-state index contributed by atoms with van der Waals surface area (Å²) >= 11 is 6.08. The van der Waals surface area contributed by atoms with Gasteiger partial charge in [0.05, 0.1) is 12.7 Å². The lowest BCUT2D eigenvalue weighted by atomic mass is 10.1. The van der Waals surface area contributed by atoms with Crippen molar-refractivity contribution in [2.45, 2.75) is 39.0 Å². The summed E-state index contributed by atoms with van der Waals surface area (Å²) in [6.45, 7) is 4.86. The van der Waals surface area contributed by atoms with Gasteiger partial charge in [0.15, 0.2) is 0 Å². The number of hydrogen-bond acceptors (Lipinski definition) is 4. The average molecular weight is 458 g/mol. The first kappa shape index (κ1) is 23.9. The highest BCUT2D eigenvalue weighted by Gasteiger charge is 2.24. The number of unbranched alkanes of at least 4 members (excludes halogenated alkanes) is 3. The van der Waals surface area contributed by atoms with Crippen LogP contribution in [0, 0.1) is 0 Å². The third-order valence-corrected chi connectivity index (χ3v) is 5.97. The fourth-order valence-corrected chi connectivity index (χ4v) is 4.05. The van der Waals surface area contributed by atoms with Crippen molar-refractivity contribution in [1.29, 1.82) is 0 Å². The number of methoxy groups -OCH3 is 1. The summed E-state index contributed by atoms with van der Waals surface area (Å²) in [6.07, 6.45) is 4.94. The van der Waals surface area contributed by atoms with Crippen molar-refractivity contribution in [2.24, 2.45) is 0 Å². The fourth-order valence-electron chi connectivity index (χ4n) is 3.88. The quantitative estimate of drug-likeness (QED) is 0.524. The van der Waals surface area contributed by atoms with Crippen molar-refractivity contribution >= 4 is 34.8 Å². The molecule has 0 bridgehead atoms. The smallest absolute Gasteiger partial charge is 0.257 e. The number of carbonyl (C=O) groups excluding carboxylic acids is 2. The maximum absolute atomic E-state index is 13.0. The van der Waals surface area contributed by atoms with E-state index < -0.39 is 0 Å². The molecule has 1 N–H and O–H groups in total. The Labute approximate surface area is 195 Å². The van der Waals surface area contributed by atoms with Gasteiger partial charge in [-0.15, -0.1) is 0 Å². The zero-order chi connectivity index (χ0) is 22.9. The van der Waals surface area contributed by atoms with Crippen molar-refractivity contribution in [3.05, 3.63) is 53.1 Å². The Hall–Kier alpha value is -2.73. The third kappa shape index (κ3) is 6.39. The summed E-state index contributed by atoms with van der Waals surface area (Å²) in [5.74, 6) is 0.531. The Balaban J connectivity index is 1.51. The zero-order valence-electron chi connectivity index (χ0n) is 18.9. The monoisotopic (exact) mass is 457 g/mol. The molecule has 2 aromatic rings. The van der Waals surface area contributed by atoms with Crippen LogP contribution >= 0.6 is 11.6 Å². The lowest BCUT2D eigenvalue weighted by molar-refractivity contribution is -0.116. The van der Waals surface area contributed by atoms with E-state index in [1.165, 1.54) is 12.8 Å². The van der Waals surface area contributed by atoms with Crippen molar-refractivity contribution in [3.63, 3.8) is 0 Å². The lowest BCUT2D eigenvalue weighted by Crippen LogP contribution is -2.48. The van der Waals surface area contributed by atoms with Gasteiger partial charge in [0, 0.05) is 49.0 Å². The third-order valence-electron chi connectivity index (χ3n) is 5.73. The second-order valence-corrected chi connectivity index (χ2v) is 8.47. The molecule has 0 radical (unpaired) electrons. The van der Waals surface area contributed by atoms with Gasteiger partial charge in [0.2, 0.25) is 5.91 Å². The van der Waals surface area contributed by atoms with E-state index >= 15 is 0 Å². The van der Waals surface area contributed by atoms with Crippen LogP contribution in [0.5, 0.6) is 5.75 Å². The first-order valence-corrected chi connectivity index (χ1v) is 11.7. The molecule has 0 aliphatic carbocycles. The molecule has 0 atom stereocenters. The number of benzene rings is 2. The van der Waals surface area contributed by atoms with Crippen molar-refractivity contribution in [1.82, 2.24) is 4.90 Å². The second kappa shape index (κ2) is 11.8. The molecule has 3 rings (SSSR count). The van der Waals surface area contributed by atoms with E-state index in [2.05, 4.69) is 17.1 Å².